The molecule has 16 heavy (non-hydrogen) atoms. The molecule has 0 unspecified atom stereocenters. The predicted octanol–water partition coefficient (Wildman–Crippen LogP) is 2.03. The Balaban J connectivity index is 2.63. The number of amides is 1. The lowest BCUT2D eigenvalue weighted by Gasteiger charge is -2.08. The Kier molecular flexibility index (Phi) is 5.08. The second kappa shape index (κ2) is 6.35. The minimum absolute atomic E-state index is 0.0603. The van der Waals surface area contributed by atoms with E-state index >= 15 is 0 Å². The molecule has 0 saturated carbocycles. The number of anilines is 1. The van der Waals surface area contributed by atoms with Gasteiger partial charge in [-0.25, -0.2) is 0 Å². The second-order valence-electron chi connectivity index (χ2n) is 3.29. The highest BCUT2D eigenvalue weighted by Gasteiger charge is 2.05. The van der Waals surface area contributed by atoms with E-state index < -0.39 is 0 Å². The molecule has 0 spiro atoms. The number of halogens is 1. The van der Waals surface area contributed by atoms with Crippen LogP contribution in [0, 0.1) is 0 Å². The minimum atomic E-state index is -0.0603. The van der Waals surface area contributed by atoms with Crippen molar-refractivity contribution in [3.8, 4) is 5.75 Å². The first kappa shape index (κ1) is 12.8. The van der Waals surface area contributed by atoms with Gasteiger partial charge < -0.3 is 15.8 Å². The molecule has 0 saturated heterocycles. The van der Waals surface area contributed by atoms with Crippen LogP contribution in [0.25, 0.3) is 0 Å². The summed E-state index contributed by atoms with van der Waals surface area (Å²) >= 11 is 5.86. The molecule has 4 nitrogen and oxygen atoms in total. The third-order valence-electron chi connectivity index (χ3n) is 2.04. The van der Waals surface area contributed by atoms with E-state index in [4.69, 9.17) is 22.1 Å². The molecule has 1 aromatic rings. The van der Waals surface area contributed by atoms with Crippen molar-refractivity contribution in [1.29, 1.82) is 0 Å². The fraction of sp³-hybridized carbons (Fsp3) is 0.364. The molecular formula is C11H15ClN2O2. The molecule has 0 fully saturated rings. The number of hydrogen-bond acceptors (Lipinski definition) is 3. The van der Waals surface area contributed by atoms with Gasteiger partial charge in [0.2, 0.25) is 5.91 Å². The van der Waals surface area contributed by atoms with Gasteiger partial charge in [-0.3, -0.25) is 4.79 Å². The maximum absolute atomic E-state index is 11.4. The molecule has 0 aliphatic heterocycles. The van der Waals surface area contributed by atoms with Gasteiger partial charge in [-0.05, 0) is 25.1 Å². The number of hydrogen-bond donors (Lipinski definition) is 2. The first-order valence-electron chi connectivity index (χ1n) is 5.01. The van der Waals surface area contributed by atoms with E-state index in [1.165, 1.54) is 7.11 Å². The molecule has 88 valence electrons. The summed E-state index contributed by atoms with van der Waals surface area (Å²) in [6.07, 6.45) is 1.10. The van der Waals surface area contributed by atoms with Crippen molar-refractivity contribution >= 4 is 23.2 Å². The topological polar surface area (TPSA) is 64.3 Å². The highest BCUT2D eigenvalue weighted by atomic mass is 35.5. The highest BCUT2D eigenvalue weighted by Crippen LogP contribution is 2.27. The highest BCUT2D eigenvalue weighted by molar-refractivity contribution is 6.32. The van der Waals surface area contributed by atoms with Crippen LogP contribution in [-0.2, 0) is 4.79 Å². The largest absolute Gasteiger partial charge is 0.495 e. The summed E-state index contributed by atoms with van der Waals surface area (Å²) in [4.78, 5) is 11.4. The predicted molar refractivity (Wildman–Crippen MR) is 64.9 cm³/mol. The maximum Gasteiger partial charge on any atom is 0.224 e. The van der Waals surface area contributed by atoms with Gasteiger partial charge in [-0.15, -0.1) is 0 Å². The van der Waals surface area contributed by atoms with Crippen LogP contribution in [0.2, 0.25) is 5.02 Å². The van der Waals surface area contributed by atoms with Gasteiger partial charge in [0.15, 0.2) is 0 Å². The summed E-state index contributed by atoms with van der Waals surface area (Å²) < 4.78 is 5.05. The number of carbonyl (C=O) groups is 1. The van der Waals surface area contributed by atoms with Crippen molar-refractivity contribution in [2.24, 2.45) is 5.73 Å². The summed E-state index contributed by atoms with van der Waals surface area (Å²) in [5.74, 6) is 0.480. The fourth-order valence-corrected chi connectivity index (χ4v) is 1.42. The SMILES string of the molecule is COc1cc(NC(=O)CCCN)ccc1Cl. The molecule has 1 rings (SSSR count). The lowest BCUT2D eigenvalue weighted by Crippen LogP contribution is -2.13. The number of carbonyl (C=O) groups excluding carboxylic acids is 1. The van der Waals surface area contributed by atoms with Gasteiger partial charge in [-0.2, -0.15) is 0 Å². The van der Waals surface area contributed by atoms with E-state index in [-0.39, 0.29) is 5.91 Å². The van der Waals surface area contributed by atoms with Gasteiger partial charge in [0.05, 0.1) is 12.1 Å². The van der Waals surface area contributed by atoms with Gasteiger partial charge in [0.1, 0.15) is 5.75 Å². The Morgan fingerprint density at radius 2 is 2.31 bits per heavy atom. The van der Waals surface area contributed by atoms with Crippen LogP contribution >= 0.6 is 11.6 Å². The second-order valence-corrected chi connectivity index (χ2v) is 3.70. The lowest BCUT2D eigenvalue weighted by atomic mass is 10.2. The van der Waals surface area contributed by atoms with Crippen molar-refractivity contribution in [2.75, 3.05) is 19.0 Å². The van der Waals surface area contributed by atoms with Crippen LogP contribution in [0.4, 0.5) is 5.69 Å². The smallest absolute Gasteiger partial charge is 0.224 e. The third-order valence-corrected chi connectivity index (χ3v) is 2.36. The number of methoxy groups -OCH3 is 1. The Hall–Kier alpha value is -1.26. The molecule has 0 aliphatic rings. The Morgan fingerprint density at radius 1 is 1.56 bits per heavy atom. The number of nitrogens with two attached hydrogens (primary N) is 1. The summed E-state index contributed by atoms with van der Waals surface area (Å²) in [6, 6.07) is 5.09. The quantitative estimate of drug-likeness (QED) is 0.830. The summed E-state index contributed by atoms with van der Waals surface area (Å²) in [5, 5.41) is 3.26. The van der Waals surface area contributed by atoms with Crippen molar-refractivity contribution in [3.63, 3.8) is 0 Å². The number of benzene rings is 1. The van der Waals surface area contributed by atoms with Crippen LogP contribution in [0.1, 0.15) is 12.8 Å². The average molecular weight is 243 g/mol. The average Bonchev–Trinajstić information content (AvgIpc) is 2.29. The third kappa shape index (κ3) is 3.72. The van der Waals surface area contributed by atoms with Gasteiger partial charge in [-0.1, -0.05) is 11.6 Å². The Morgan fingerprint density at radius 3 is 2.94 bits per heavy atom. The normalized spacial score (nSPS) is 9.94. The van der Waals surface area contributed by atoms with Crippen LogP contribution in [0.15, 0.2) is 18.2 Å². The molecule has 5 heteroatoms. The van der Waals surface area contributed by atoms with E-state index in [0.717, 1.165) is 0 Å². The lowest BCUT2D eigenvalue weighted by molar-refractivity contribution is -0.116. The molecule has 0 bridgehead atoms. The Labute approximate surface area is 99.7 Å². The summed E-state index contributed by atoms with van der Waals surface area (Å²) in [5.41, 5.74) is 5.99. The number of ether oxygens (including phenoxy) is 1. The van der Waals surface area contributed by atoms with E-state index in [2.05, 4.69) is 5.32 Å². The zero-order chi connectivity index (χ0) is 12.0. The van der Waals surface area contributed by atoms with Gasteiger partial charge in [0, 0.05) is 18.2 Å². The molecule has 1 aromatic carbocycles. The number of nitrogens with one attached hydrogen (secondary N) is 1. The minimum Gasteiger partial charge on any atom is -0.495 e. The fourth-order valence-electron chi connectivity index (χ4n) is 1.22. The molecule has 3 N–H and O–H groups in total. The molecular weight excluding hydrogens is 228 g/mol. The zero-order valence-electron chi connectivity index (χ0n) is 9.13. The van der Waals surface area contributed by atoms with Crippen molar-refractivity contribution in [3.05, 3.63) is 23.2 Å². The van der Waals surface area contributed by atoms with Gasteiger partial charge in [0.25, 0.3) is 0 Å². The summed E-state index contributed by atoms with van der Waals surface area (Å²) in [6.45, 7) is 0.511. The van der Waals surface area contributed by atoms with Gasteiger partial charge >= 0.3 is 0 Å². The number of rotatable bonds is 5. The van der Waals surface area contributed by atoms with E-state index in [0.29, 0.717) is 35.8 Å². The monoisotopic (exact) mass is 242 g/mol. The van der Waals surface area contributed by atoms with E-state index in [1.54, 1.807) is 18.2 Å². The summed E-state index contributed by atoms with van der Waals surface area (Å²) in [7, 11) is 1.53. The zero-order valence-corrected chi connectivity index (χ0v) is 9.88. The van der Waals surface area contributed by atoms with Crippen LogP contribution in [0.3, 0.4) is 0 Å². The molecule has 0 heterocycles. The molecule has 0 aromatic heterocycles. The van der Waals surface area contributed by atoms with Crippen LogP contribution in [0.5, 0.6) is 5.75 Å². The standard InChI is InChI=1S/C11H15ClN2O2/c1-16-10-7-8(4-5-9(10)12)14-11(15)3-2-6-13/h4-5,7H,2-3,6,13H2,1H3,(H,14,15). The molecule has 0 radical (unpaired) electrons. The Bertz CT molecular complexity index is 369. The van der Waals surface area contributed by atoms with E-state index in [9.17, 15) is 4.79 Å². The van der Waals surface area contributed by atoms with Crippen LogP contribution < -0.4 is 15.8 Å². The first-order chi connectivity index (χ1) is 7.67. The van der Waals surface area contributed by atoms with Crippen molar-refractivity contribution < 1.29 is 9.53 Å². The van der Waals surface area contributed by atoms with E-state index in [1.807, 2.05) is 0 Å². The molecule has 0 atom stereocenters. The van der Waals surface area contributed by atoms with Crippen LogP contribution in [-0.4, -0.2) is 19.6 Å². The first-order valence-corrected chi connectivity index (χ1v) is 5.38. The molecule has 0 aliphatic carbocycles. The van der Waals surface area contributed by atoms with Crippen molar-refractivity contribution in [1.82, 2.24) is 0 Å². The van der Waals surface area contributed by atoms with Crippen molar-refractivity contribution in [2.45, 2.75) is 12.8 Å². The maximum atomic E-state index is 11.4. The molecule has 1 amide bonds.